The van der Waals surface area contributed by atoms with Crippen molar-refractivity contribution >= 4 is 28.4 Å². The molecule has 4 rings (SSSR count). The van der Waals surface area contributed by atoms with E-state index in [1.807, 2.05) is 35.7 Å². The van der Waals surface area contributed by atoms with Crippen LogP contribution in [-0.4, -0.2) is 22.5 Å². The van der Waals surface area contributed by atoms with Gasteiger partial charge < -0.3 is 10.0 Å². The third-order valence-electron chi connectivity index (χ3n) is 4.03. The molecule has 25 heavy (non-hydrogen) atoms. The van der Waals surface area contributed by atoms with Crippen LogP contribution in [0.2, 0.25) is 0 Å². The number of hydrogen-bond acceptors (Lipinski definition) is 4. The molecule has 0 radical (unpaired) electrons. The second-order valence-electron chi connectivity index (χ2n) is 5.64. The van der Waals surface area contributed by atoms with E-state index in [9.17, 15) is 9.50 Å². The van der Waals surface area contributed by atoms with Crippen molar-refractivity contribution in [1.29, 1.82) is 5.41 Å². The average Bonchev–Trinajstić information content (AvgIpc) is 3.21. The predicted molar refractivity (Wildman–Crippen MR) is 98.6 cm³/mol. The van der Waals surface area contributed by atoms with Crippen molar-refractivity contribution in [2.24, 2.45) is 0 Å². The van der Waals surface area contributed by atoms with Gasteiger partial charge in [-0.15, -0.1) is 11.3 Å². The molecule has 0 saturated carbocycles. The van der Waals surface area contributed by atoms with Crippen LogP contribution in [0.25, 0.3) is 16.8 Å². The molecule has 0 spiro atoms. The van der Waals surface area contributed by atoms with Gasteiger partial charge in [0.25, 0.3) is 0 Å². The Morgan fingerprint density at radius 1 is 1.08 bits per heavy atom. The molecule has 0 unspecified atom stereocenters. The summed E-state index contributed by atoms with van der Waals surface area (Å²) in [5.41, 5.74) is 2.89. The number of halogens is 1. The highest BCUT2D eigenvalue weighted by molar-refractivity contribution is 7.11. The monoisotopic (exact) mass is 351 g/mol. The minimum absolute atomic E-state index is 0.100. The van der Waals surface area contributed by atoms with Crippen LogP contribution in [0.4, 0.5) is 10.1 Å². The van der Waals surface area contributed by atoms with Crippen molar-refractivity contribution < 1.29 is 9.50 Å². The van der Waals surface area contributed by atoms with Crippen molar-refractivity contribution in [3.05, 3.63) is 76.6 Å². The summed E-state index contributed by atoms with van der Waals surface area (Å²) in [5.74, 6) is -0.0688. The maximum atomic E-state index is 13.1. The van der Waals surface area contributed by atoms with E-state index in [4.69, 9.17) is 5.41 Å². The largest absolute Gasteiger partial charge is 0.510 e. The molecule has 2 aromatic carbocycles. The quantitative estimate of drug-likeness (QED) is 0.718. The maximum absolute atomic E-state index is 13.1. The Morgan fingerprint density at radius 3 is 2.52 bits per heavy atom. The van der Waals surface area contributed by atoms with Crippen molar-refractivity contribution in [1.82, 2.24) is 4.98 Å². The molecule has 0 amide bonds. The number of nitrogens with one attached hydrogen (secondary N) is 1. The first-order valence-electron chi connectivity index (χ1n) is 7.69. The molecule has 6 heteroatoms. The minimum Gasteiger partial charge on any atom is -0.510 e. The number of nitrogens with zero attached hydrogens (tertiary/aromatic N) is 2. The molecule has 0 atom stereocenters. The Hall–Kier alpha value is -2.99. The topological polar surface area (TPSA) is 60.2 Å². The first-order chi connectivity index (χ1) is 12.1. The summed E-state index contributed by atoms with van der Waals surface area (Å²) in [5, 5.41) is 21.3. The average molecular weight is 351 g/mol. The fraction of sp³-hybridized carbons (Fsp3) is 0.0526. The maximum Gasteiger partial charge on any atom is 0.139 e. The third-order valence-corrected chi connectivity index (χ3v) is 4.89. The highest BCUT2D eigenvalue weighted by Gasteiger charge is 2.31. The van der Waals surface area contributed by atoms with Gasteiger partial charge in [-0.1, -0.05) is 30.3 Å². The van der Waals surface area contributed by atoms with Gasteiger partial charge in [0.1, 0.15) is 22.4 Å². The zero-order valence-electron chi connectivity index (χ0n) is 13.1. The zero-order valence-corrected chi connectivity index (χ0v) is 13.9. The van der Waals surface area contributed by atoms with Crippen LogP contribution in [0.15, 0.2) is 65.7 Å². The highest BCUT2D eigenvalue weighted by atomic mass is 32.1. The lowest BCUT2D eigenvalue weighted by Crippen LogP contribution is -2.25. The Labute approximate surface area is 148 Å². The number of rotatable bonds is 3. The Bertz CT molecular complexity index is 964. The van der Waals surface area contributed by atoms with Crippen molar-refractivity contribution in [3.63, 3.8) is 0 Å². The number of anilines is 1. The number of thiazole rings is 1. The molecule has 1 aliphatic heterocycles. The summed E-state index contributed by atoms with van der Waals surface area (Å²) in [6, 6.07) is 15.6. The summed E-state index contributed by atoms with van der Waals surface area (Å²) in [6.45, 7) is 0.181. The van der Waals surface area contributed by atoms with Crippen LogP contribution >= 0.6 is 11.3 Å². The first kappa shape index (κ1) is 15.5. The lowest BCUT2D eigenvalue weighted by Gasteiger charge is -2.18. The molecule has 1 aromatic heterocycles. The van der Waals surface area contributed by atoms with Gasteiger partial charge >= 0.3 is 0 Å². The van der Waals surface area contributed by atoms with Crippen LogP contribution < -0.4 is 4.90 Å². The van der Waals surface area contributed by atoms with E-state index < -0.39 is 0 Å². The van der Waals surface area contributed by atoms with Gasteiger partial charge in [-0.05, 0) is 24.3 Å². The molecule has 1 aliphatic rings. The van der Waals surface area contributed by atoms with Crippen molar-refractivity contribution in [3.8, 4) is 11.3 Å². The summed E-state index contributed by atoms with van der Waals surface area (Å²) in [6.07, 6.45) is 0. The molecule has 3 aromatic rings. The number of aliphatic hydroxyl groups excluding tert-OH is 1. The van der Waals surface area contributed by atoms with Gasteiger partial charge in [-0.3, -0.25) is 5.41 Å². The molecular weight excluding hydrogens is 337 g/mol. The van der Waals surface area contributed by atoms with Crippen LogP contribution in [0.3, 0.4) is 0 Å². The van der Waals surface area contributed by atoms with Crippen molar-refractivity contribution in [2.75, 3.05) is 11.4 Å². The Morgan fingerprint density at radius 2 is 1.80 bits per heavy atom. The zero-order chi connectivity index (χ0) is 17.4. The fourth-order valence-corrected chi connectivity index (χ4v) is 3.67. The molecule has 0 saturated heterocycles. The molecule has 4 nitrogen and oxygen atoms in total. The smallest absolute Gasteiger partial charge is 0.139 e. The molecule has 2 heterocycles. The summed E-state index contributed by atoms with van der Waals surface area (Å²) in [7, 11) is 0. The molecular formula is C19H14FN3OS. The minimum atomic E-state index is -0.334. The molecule has 0 bridgehead atoms. The van der Waals surface area contributed by atoms with Gasteiger partial charge in [-0.25, -0.2) is 9.37 Å². The van der Waals surface area contributed by atoms with Crippen LogP contribution in [0.1, 0.15) is 5.01 Å². The Balaban J connectivity index is 1.65. The van der Waals surface area contributed by atoms with Crippen LogP contribution in [0.5, 0.6) is 0 Å². The van der Waals surface area contributed by atoms with Gasteiger partial charge in [0.2, 0.25) is 0 Å². The fourth-order valence-electron chi connectivity index (χ4n) is 2.78. The number of amidine groups is 1. The molecule has 0 aliphatic carbocycles. The number of benzene rings is 2. The lowest BCUT2D eigenvalue weighted by atomic mass is 10.2. The highest BCUT2D eigenvalue weighted by Crippen LogP contribution is 2.34. The van der Waals surface area contributed by atoms with Gasteiger partial charge in [0.05, 0.1) is 17.8 Å². The van der Waals surface area contributed by atoms with Gasteiger partial charge in [-0.2, -0.15) is 0 Å². The number of hydrogen-bond donors (Lipinski definition) is 2. The van der Waals surface area contributed by atoms with E-state index in [1.54, 1.807) is 17.0 Å². The standard InChI is InChI=1S/C19H14FN3OS/c20-13-6-8-14(9-7-13)23-10-16(24)17(18(23)21)19-22-15(11-25-19)12-4-2-1-3-5-12/h1-9,11,21,24H,10H2. The van der Waals surface area contributed by atoms with Gasteiger partial charge in [0, 0.05) is 16.6 Å². The van der Waals surface area contributed by atoms with E-state index in [1.165, 1.54) is 23.5 Å². The predicted octanol–water partition coefficient (Wildman–Crippen LogP) is 4.72. The summed E-state index contributed by atoms with van der Waals surface area (Å²) < 4.78 is 13.1. The van der Waals surface area contributed by atoms with E-state index in [0.717, 1.165) is 11.3 Å². The summed E-state index contributed by atoms with van der Waals surface area (Å²) >= 11 is 1.39. The third kappa shape index (κ3) is 2.81. The SMILES string of the molecule is N=C1C(c2nc(-c3ccccc3)cs2)=C(O)CN1c1ccc(F)cc1. The first-order valence-corrected chi connectivity index (χ1v) is 8.57. The number of aromatic nitrogens is 1. The van der Waals surface area contributed by atoms with E-state index >= 15 is 0 Å². The number of aliphatic hydroxyl groups is 1. The van der Waals surface area contributed by atoms with Crippen LogP contribution in [-0.2, 0) is 0 Å². The normalized spacial score (nSPS) is 14.4. The summed E-state index contributed by atoms with van der Waals surface area (Å²) in [4.78, 5) is 6.21. The van der Waals surface area contributed by atoms with E-state index in [0.29, 0.717) is 16.3 Å². The second kappa shape index (κ2) is 6.14. The van der Waals surface area contributed by atoms with Gasteiger partial charge in [0.15, 0.2) is 0 Å². The second-order valence-corrected chi connectivity index (χ2v) is 6.49. The molecule has 124 valence electrons. The van der Waals surface area contributed by atoms with Crippen LogP contribution in [0, 0.1) is 11.2 Å². The van der Waals surface area contributed by atoms with Crippen molar-refractivity contribution in [2.45, 2.75) is 0 Å². The van der Waals surface area contributed by atoms with E-state index in [2.05, 4.69) is 4.98 Å². The van der Waals surface area contributed by atoms with E-state index in [-0.39, 0.29) is 24.0 Å². The molecule has 2 N–H and O–H groups in total. The molecule has 0 fully saturated rings. The Kier molecular flexibility index (Phi) is 3.82. The lowest BCUT2D eigenvalue weighted by molar-refractivity contribution is 0.411.